The van der Waals surface area contributed by atoms with E-state index in [-0.39, 0.29) is 27.4 Å². The van der Waals surface area contributed by atoms with E-state index >= 15 is 0 Å². The van der Waals surface area contributed by atoms with Gasteiger partial charge in [-0.15, -0.1) is 0 Å². The Labute approximate surface area is 339 Å². The second-order valence-corrected chi connectivity index (χ2v) is 20.8. The summed E-state index contributed by atoms with van der Waals surface area (Å²) >= 11 is 15.4. The standard InChI is InChI=1S/C46H59Cl2N2P.Ru/c1-31-26-33(3)43(34(4)27-31)49-24-25-50(44-35(5)28-32(2)29-36(44)6)45(49)42-40(30-37-16-10-7-11-17-37)46(47,48)23-22-41(42)51(38-18-12-8-13-19-38)39-20-14-9-15-21-39;/h7,10-11,16-17,26-30,38-39,41H,8-9,12-15,18-25H2,1-6H3;. The first-order chi connectivity index (χ1) is 24.5. The van der Waals surface area contributed by atoms with Gasteiger partial charge < -0.3 is 9.80 Å². The number of hydrogen-bond donors (Lipinski definition) is 0. The molecule has 2 nitrogen and oxygen atoms in total. The number of rotatable bonds is 6. The SMILES string of the molecule is Cc1cc(C)c(N2CCN(c3c(C)cc(C)cc3C)C2=C2C(=Cc3ccccc3)C(Cl)(Cl)CCC2P(C2CCCCC2)C2CCCCC2)c(C)c1.[Ru]. The van der Waals surface area contributed by atoms with Gasteiger partial charge in [-0.25, -0.2) is 0 Å². The molecule has 3 saturated carbocycles. The van der Waals surface area contributed by atoms with E-state index in [0.29, 0.717) is 5.66 Å². The monoisotopic (exact) mass is 842 g/mol. The second kappa shape index (κ2) is 17.0. The largest absolute Gasteiger partial charge is 0.325 e. The molecule has 0 radical (unpaired) electrons. The summed E-state index contributed by atoms with van der Waals surface area (Å²) in [6.45, 7) is 15.6. The van der Waals surface area contributed by atoms with E-state index in [1.165, 1.54) is 126 Å². The molecule has 52 heavy (non-hydrogen) atoms. The van der Waals surface area contributed by atoms with Crippen molar-refractivity contribution in [3.63, 3.8) is 0 Å². The predicted molar refractivity (Wildman–Crippen MR) is 226 cm³/mol. The number of alkyl halides is 2. The van der Waals surface area contributed by atoms with E-state index in [1.54, 1.807) is 0 Å². The molecular formula is C46H59Cl2N2PRu. The van der Waals surface area contributed by atoms with Crippen molar-refractivity contribution in [1.29, 1.82) is 0 Å². The van der Waals surface area contributed by atoms with E-state index < -0.39 is 4.33 Å². The minimum atomic E-state index is -0.969. The van der Waals surface area contributed by atoms with Crippen molar-refractivity contribution in [2.24, 2.45) is 0 Å². The first-order valence-electron chi connectivity index (χ1n) is 19.9. The molecule has 1 unspecified atom stereocenters. The fourth-order valence-corrected chi connectivity index (χ4v) is 15.5. The van der Waals surface area contributed by atoms with Gasteiger partial charge in [-0.2, -0.15) is 0 Å². The van der Waals surface area contributed by atoms with Gasteiger partial charge in [0.15, 0.2) is 0 Å². The second-order valence-electron chi connectivity index (χ2n) is 16.3. The Morgan fingerprint density at radius 1 is 0.635 bits per heavy atom. The molecule has 0 spiro atoms. The molecule has 3 aliphatic carbocycles. The molecular weight excluding hydrogens is 783 g/mol. The maximum absolute atomic E-state index is 7.69. The molecule has 1 atom stereocenters. The zero-order valence-corrected chi connectivity index (χ0v) is 36.5. The van der Waals surface area contributed by atoms with Gasteiger partial charge in [0.25, 0.3) is 0 Å². The van der Waals surface area contributed by atoms with Crippen LogP contribution in [0.15, 0.2) is 71.6 Å². The fourth-order valence-electron chi connectivity index (χ4n) is 10.5. The average Bonchev–Trinajstić information content (AvgIpc) is 3.50. The van der Waals surface area contributed by atoms with E-state index in [9.17, 15) is 0 Å². The predicted octanol–water partition coefficient (Wildman–Crippen LogP) is 13.6. The molecule has 0 bridgehead atoms. The van der Waals surface area contributed by atoms with Crippen LogP contribution in [0.5, 0.6) is 0 Å². The topological polar surface area (TPSA) is 6.48 Å². The number of halogens is 2. The van der Waals surface area contributed by atoms with Gasteiger partial charge >= 0.3 is 0 Å². The van der Waals surface area contributed by atoms with Crippen molar-refractivity contribution in [3.05, 3.63) is 111 Å². The third kappa shape index (κ3) is 8.16. The zero-order valence-electron chi connectivity index (χ0n) is 32.4. The Kier molecular flexibility index (Phi) is 13.1. The molecule has 7 rings (SSSR count). The summed E-state index contributed by atoms with van der Waals surface area (Å²) in [7, 11) is -0.299. The van der Waals surface area contributed by atoms with E-state index in [0.717, 1.165) is 42.8 Å². The van der Waals surface area contributed by atoms with Crippen molar-refractivity contribution in [3.8, 4) is 0 Å². The van der Waals surface area contributed by atoms with Crippen molar-refractivity contribution in [2.45, 2.75) is 140 Å². The molecule has 4 aliphatic rings. The molecule has 1 aliphatic heterocycles. The van der Waals surface area contributed by atoms with Crippen LogP contribution in [0.25, 0.3) is 6.08 Å². The molecule has 3 aromatic carbocycles. The molecule has 280 valence electrons. The third-order valence-corrected chi connectivity index (χ3v) is 17.1. The fraction of sp³-hybridized carbons (Fsp3) is 0.522. The Hall–Kier alpha value is -1.63. The molecule has 1 saturated heterocycles. The van der Waals surface area contributed by atoms with Crippen LogP contribution in [-0.2, 0) is 19.5 Å². The number of aryl methyl sites for hydroxylation is 6. The molecule has 4 fully saturated rings. The number of benzene rings is 3. The number of anilines is 2. The van der Waals surface area contributed by atoms with Gasteiger partial charge in [0.05, 0.1) is 0 Å². The van der Waals surface area contributed by atoms with Crippen LogP contribution in [0.1, 0.15) is 116 Å². The number of hydrogen-bond acceptors (Lipinski definition) is 2. The van der Waals surface area contributed by atoms with Crippen LogP contribution in [0.2, 0.25) is 0 Å². The van der Waals surface area contributed by atoms with Gasteiger partial charge in [-0.1, -0.05) is 135 Å². The van der Waals surface area contributed by atoms with E-state index in [1.807, 2.05) is 0 Å². The molecule has 6 heteroatoms. The van der Waals surface area contributed by atoms with Crippen LogP contribution in [0, 0.1) is 41.5 Å². The van der Waals surface area contributed by atoms with Crippen LogP contribution in [-0.4, -0.2) is 34.4 Å². The Morgan fingerprint density at radius 2 is 1.08 bits per heavy atom. The molecule has 0 N–H and O–H groups in total. The van der Waals surface area contributed by atoms with Gasteiger partial charge in [0, 0.05) is 55.2 Å². The minimum Gasteiger partial charge on any atom is -0.325 e. The Balaban J connectivity index is 0.00000464. The number of nitrogens with zero attached hydrogens (tertiary/aromatic N) is 2. The molecule has 0 aromatic heterocycles. The summed E-state index contributed by atoms with van der Waals surface area (Å²) in [4.78, 5) is 5.41. The first kappa shape index (κ1) is 40.0. The zero-order chi connectivity index (χ0) is 35.9. The quantitative estimate of drug-likeness (QED) is 0.139. The summed E-state index contributed by atoms with van der Waals surface area (Å²) in [5, 5.41) is 0. The molecule has 3 aromatic rings. The average molecular weight is 843 g/mol. The van der Waals surface area contributed by atoms with Crippen molar-refractivity contribution < 1.29 is 19.5 Å². The maximum Gasteiger partial charge on any atom is 0.143 e. The van der Waals surface area contributed by atoms with Crippen LogP contribution in [0.4, 0.5) is 11.4 Å². The smallest absolute Gasteiger partial charge is 0.143 e. The normalized spacial score (nSPS) is 22.4. The molecule has 1 heterocycles. The van der Waals surface area contributed by atoms with Gasteiger partial charge in [-0.3, -0.25) is 0 Å². The van der Waals surface area contributed by atoms with E-state index in [4.69, 9.17) is 23.2 Å². The third-order valence-electron chi connectivity index (χ3n) is 12.3. The summed E-state index contributed by atoms with van der Waals surface area (Å²) in [5.74, 6) is 1.34. The maximum atomic E-state index is 7.69. The van der Waals surface area contributed by atoms with Crippen molar-refractivity contribution in [1.82, 2.24) is 0 Å². The van der Waals surface area contributed by atoms with Crippen molar-refractivity contribution in [2.75, 3.05) is 22.9 Å². The summed E-state index contributed by atoms with van der Waals surface area (Å²) < 4.78 is -0.969. The first-order valence-corrected chi connectivity index (χ1v) is 22.2. The summed E-state index contributed by atoms with van der Waals surface area (Å²) in [6.07, 6.45) is 18.2. The summed E-state index contributed by atoms with van der Waals surface area (Å²) in [5.41, 5.74) is 16.6. The van der Waals surface area contributed by atoms with E-state index in [2.05, 4.69) is 112 Å². The van der Waals surface area contributed by atoms with Gasteiger partial charge in [0.1, 0.15) is 10.2 Å². The summed E-state index contributed by atoms with van der Waals surface area (Å²) in [6, 6.07) is 20.3. The number of allylic oxidation sites excluding steroid dienone is 2. The van der Waals surface area contributed by atoms with Gasteiger partial charge in [-0.05, 0) is 131 Å². The molecule has 0 amide bonds. The van der Waals surface area contributed by atoms with Crippen LogP contribution >= 0.6 is 31.1 Å². The van der Waals surface area contributed by atoms with Crippen molar-refractivity contribution >= 4 is 48.6 Å². The van der Waals surface area contributed by atoms with Crippen LogP contribution in [0.3, 0.4) is 0 Å². The van der Waals surface area contributed by atoms with Crippen LogP contribution < -0.4 is 9.80 Å². The Morgan fingerprint density at radius 3 is 1.52 bits per heavy atom. The minimum absolute atomic E-state index is 0. The van der Waals surface area contributed by atoms with Gasteiger partial charge in [0.2, 0.25) is 0 Å². The Bertz CT molecular complexity index is 1660.